The molecule has 0 atom stereocenters. The molecule has 0 fully saturated rings. The molecule has 6 heteroatoms. The Bertz CT molecular complexity index is 613. The molecule has 0 saturated heterocycles. The zero-order valence-corrected chi connectivity index (χ0v) is 10.7. The second-order valence-electron chi connectivity index (χ2n) is 3.91. The van der Waals surface area contributed by atoms with Crippen LogP contribution in [0, 0.1) is 13.8 Å². The summed E-state index contributed by atoms with van der Waals surface area (Å²) in [4.78, 5) is 27.2. The van der Waals surface area contributed by atoms with Gasteiger partial charge < -0.3 is 15.4 Å². The number of hydrogen-bond acceptors (Lipinski definition) is 3. The lowest BCUT2D eigenvalue weighted by Crippen LogP contribution is -2.12. The summed E-state index contributed by atoms with van der Waals surface area (Å²) in [5, 5.41) is 11.6. The van der Waals surface area contributed by atoms with Crippen molar-refractivity contribution in [1.82, 2.24) is 4.98 Å². The van der Waals surface area contributed by atoms with E-state index in [1.54, 1.807) is 19.1 Å². The highest BCUT2D eigenvalue weighted by molar-refractivity contribution is 7.14. The van der Waals surface area contributed by atoms with E-state index in [0.29, 0.717) is 10.6 Å². The molecule has 18 heavy (non-hydrogen) atoms. The Labute approximate surface area is 107 Å². The molecule has 2 aromatic heterocycles. The van der Waals surface area contributed by atoms with E-state index in [0.717, 1.165) is 4.88 Å². The Kier molecular flexibility index (Phi) is 3.20. The summed E-state index contributed by atoms with van der Waals surface area (Å²) < 4.78 is 0. The third-order valence-electron chi connectivity index (χ3n) is 2.38. The molecular weight excluding hydrogens is 252 g/mol. The van der Waals surface area contributed by atoms with Crippen molar-refractivity contribution < 1.29 is 14.7 Å². The summed E-state index contributed by atoms with van der Waals surface area (Å²) in [7, 11) is 0. The lowest BCUT2D eigenvalue weighted by atomic mass is 10.3. The van der Waals surface area contributed by atoms with Crippen molar-refractivity contribution in [1.29, 1.82) is 0 Å². The highest BCUT2D eigenvalue weighted by Gasteiger charge is 2.16. The van der Waals surface area contributed by atoms with Crippen LogP contribution in [0.2, 0.25) is 0 Å². The Balaban J connectivity index is 2.24. The summed E-state index contributed by atoms with van der Waals surface area (Å²) in [5.74, 6) is -1.39. The summed E-state index contributed by atoms with van der Waals surface area (Å²) in [6.45, 7) is 3.64. The average Bonchev–Trinajstić information content (AvgIpc) is 2.85. The number of carboxylic acid groups (broad SMARTS) is 1. The molecule has 1 amide bonds. The zero-order chi connectivity index (χ0) is 13.3. The maximum Gasteiger partial charge on any atom is 0.354 e. The number of aryl methyl sites for hydroxylation is 2. The van der Waals surface area contributed by atoms with Gasteiger partial charge in [0.2, 0.25) is 0 Å². The molecular formula is C12H12N2O3S. The van der Waals surface area contributed by atoms with E-state index < -0.39 is 5.97 Å². The fourth-order valence-electron chi connectivity index (χ4n) is 1.60. The molecule has 0 unspecified atom stereocenters. The standard InChI is InChI=1S/C12H12N2O3S/c1-6-5-8(10(13-6)12(16)17)14-11(15)9-4-3-7(2)18-9/h3-5,13H,1-2H3,(H,14,15)(H,16,17). The summed E-state index contributed by atoms with van der Waals surface area (Å²) in [5.41, 5.74) is 0.968. The van der Waals surface area contributed by atoms with Crippen molar-refractivity contribution in [3.05, 3.63) is 39.3 Å². The van der Waals surface area contributed by atoms with E-state index in [1.165, 1.54) is 11.3 Å². The van der Waals surface area contributed by atoms with Crippen molar-refractivity contribution in [3.63, 3.8) is 0 Å². The largest absolute Gasteiger partial charge is 0.477 e. The van der Waals surface area contributed by atoms with Gasteiger partial charge in [-0.2, -0.15) is 0 Å². The first-order valence-electron chi connectivity index (χ1n) is 5.28. The minimum atomic E-state index is -1.10. The van der Waals surface area contributed by atoms with E-state index in [2.05, 4.69) is 10.3 Å². The summed E-state index contributed by atoms with van der Waals surface area (Å²) >= 11 is 1.37. The van der Waals surface area contributed by atoms with Gasteiger partial charge in [-0.05, 0) is 32.0 Å². The number of rotatable bonds is 3. The van der Waals surface area contributed by atoms with Gasteiger partial charge in [0.1, 0.15) is 5.69 Å². The number of carboxylic acids is 1. The second kappa shape index (κ2) is 4.66. The fourth-order valence-corrected chi connectivity index (χ4v) is 2.36. The first kappa shape index (κ1) is 12.4. The van der Waals surface area contributed by atoms with E-state index in [4.69, 9.17) is 5.11 Å². The van der Waals surface area contributed by atoms with Gasteiger partial charge in [-0.1, -0.05) is 0 Å². The van der Waals surface area contributed by atoms with Gasteiger partial charge in [0, 0.05) is 10.6 Å². The monoisotopic (exact) mass is 264 g/mol. The Morgan fingerprint density at radius 2 is 2.06 bits per heavy atom. The van der Waals surface area contributed by atoms with Crippen LogP contribution < -0.4 is 5.32 Å². The van der Waals surface area contributed by atoms with E-state index in [1.807, 2.05) is 13.0 Å². The van der Waals surface area contributed by atoms with Crippen LogP contribution >= 0.6 is 11.3 Å². The van der Waals surface area contributed by atoms with Gasteiger partial charge in [-0.15, -0.1) is 11.3 Å². The molecule has 3 N–H and O–H groups in total. The molecule has 0 aromatic carbocycles. The van der Waals surface area contributed by atoms with Crippen molar-refractivity contribution in [2.24, 2.45) is 0 Å². The SMILES string of the molecule is Cc1cc(NC(=O)c2ccc(C)s2)c(C(=O)O)[nH]1. The molecule has 2 aromatic rings. The molecule has 0 aliphatic heterocycles. The van der Waals surface area contributed by atoms with Crippen LogP contribution in [0.4, 0.5) is 5.69 Å². The topological polar surface area (TPSA) is 82.2 Å². The van der Waals surface area contributed by atoms with Crippen LogP contribution in [-0.4, -0.2) is 22.0 Å². The second-order valence-corrected chi connectivity index (χ2v) is 5.20. The minimum absolute atomic E-state index is 0.00544. The normalized spacial score (nSPS) is 10.3. The molecule has 5 nitrogen and oxygen atoms in total. The van der Waals surface area contributed by atoms with Crippen molar-refractivity contribution in [2.75, 3.05) is 5.32 Å². The smallest absolute Gasteiger partial charge is 0.354 e. The molecule has 0 bridgehead atoms. The number of aromatic carboxylic acids is 1. The number of H-pyrrole nitrogens is 1. The van der Waals surface area contributed by atoms with Gasteiger partial charge in [0.15, 0.2) is 0 Å². The third kappa shape index (κ3) is 2.43. The van der Waals surface area contributed by atoms with Gasteiger partial charge in [-0.25, -0.2) is 4.79 Å². The molecule has 0 aliphatic rings. The molecule has 94 valence electrons. The minimum Gasteiger partial charge on any atom is -0.477 e. The van der Waals surface area contributed by atoms with E-state index in [9.17, 15) is 9.59 Å². The average molecular weight is 264 g/mol. The predicted octanol–water partition coefficient (Wildman–Crippen LogP) is 2.64. The van der Waals surface area contributed by atoms with Crippen LogP contribution in [0.5, 0.6) is 0 Å². The maximum absolute atomic E-state index is 11.9. The Morgan fingerprint density at radius 3 is 2.61 bits per heavy atom. The lowest BCUT2D eigenvalue weighted by Gasteiger charge is -2.02. The zero-order valence-electron chi connectivity index (χ0n) is 9.90. The molecule has 2 rings (SSSR count). The first-order valence-corrected chi connectivity index (χ1v) is 6.09. The highest BCUT2D eigenvalue weighted by Crippen LogP contribution is 2.20. The quantitative estimate of drug-likeness (QED) is 0.797. The van der Waals surface area contributed by atoms with Gasteiger partial charge in [0.05, 0.1) is 10.6 Å². The summed E-state index contributed by atoms with van der Waals surface area (Å²) in [6.07, 6.45) is 0. The van der Waals surface area contributed by atoms with Crippen LogP contribution in [0.15, 0.2) is 18.2 Å². The van der Waals surface area contributed by atoms with Crippen LogP contribution in [-0.2, 0) is 0 Å². The van der Waals surface area contributed by atoms with E-state index >= 15 is 0 Å². The van der Waals surface area contributed by atoms with Crippen molar-refractivity contribution >= 4 is 28.9 Å². The number of aromatic nitrogens is 1. The van der Waals surface area contributed by atoms with E-state index in [-0.39, 0.29) is 17.3 Å². The van der Waals surface area contributed by atoms with Gasteiger partial charge >= 0.3 is 5.97 Å². The summed E-state index contributed by atoms with van der Waals surface area (Å²) in [6, 6.07) is 5.16. The van der Waals surface area contributed by atoms with Crippen LogP contribution in [0.25, 0.3) is 0 Å². The Hall–Kier alpha value is -2.08. The molecule has 2 heterocycles. The van der Waals surface area contributed by atoms with Gasteiger partial charge in [0.25, 0.3) is 5.91 Å². The molecule has 0 aliphatic carbocycles. The first-order chi connectivity index (χ1) is 8.47. The molecule has 0 radical (unpaired) electrons. The van der Waals surface area contributed by atoms with Crippen molar-refractivity contribution in [2.45, 2.75) is 13.8 Å². The van der Waals surface area contributed by atoms with Crippen molar-refractivity contribution in [3.8, 4) is 0 Å². The lowest BCUT2D eigenvalue weighted by molar-refractivity contribution is 0.0692. The third-order valence-corrected chi connectivity index (χ3v) is 3.38. The number of carbonyl (C=O) groups excluding carboxylic acids is 1. The number of hydrogen-bond donors (Lipinski definition) is 3. The fraction of sp³-hybridized carbons (Fsp3) is 0.167. The number of carbonyl (C=O) groups is 2. The predicted molar refractivity (Wildman–Crippen MR) is 69.5 cm³/mol. The number of thiophene rings is 1. The Morgan fingerprint density at radius 1 is 1.33 bits per heavy atom. The number of aromatic amines is 1. The number of anilines is 1. The maximum atomic E-state index is 11.9. The van der Waals surface area contributed by atoms with Gasteiger partial charge in [-0.3, -0.25) is 4.79 Å². The highest BCUT2D eigenvalue weighted by atomic mass is 32.1. The molecule has 0 saturated carbocycles. The number of amides is 1. The number of nitrogens with one attached hydrogen (secondary N) is 2. The van der Waals surface area contributed by atoms with Crippen LogP contribution in [0.1, 0.15) is 30.7 Å². The van der Waals surface area contributed by atoms with Crippen LogP contribution in [0.3, 0.4) is 0 Å². The molecule has 0 spiro atoms.